The predicted octanol–water partition coefficient (Wildman–Crippen LogP) is 1.51. The van der Waals surface area contributed by atoms with Crippen molar-refractivity contribution in [3.05, 3.63) is 35.1 Å². The van der Waals surface area contributed by atoms with Crippen LogP contribution in [0.5, 0.6) is 0 Å². The molecule has 1 aliphatic heterocycles. The molecule has 1 aliphatic rings. The maximum atomic E-state index is 13.2. The summed E-state index contributed by atoms with van der Waals surface area (Å²) in [7, 11) is 0. The molecule has 1 aromatic carbocycles. The Labute approximate surface area is 114 Å². The molecule has 3 N–H and O–H groups in total. The Bertz CT molecular complexity index is 464. The van der Waals surface area contributed by atoms with Crippen molar-refractivity contribution in [3.63, 3.8) is 0 Å². The normalized spacial score (nSPS) is 23.2. The first-order valence-electron chi connectivity index (χ1n) is 6.32. The highest BCUT2D eigenvalue weighted by Crippen LogP contribution is 2.30. The van der Waals surface area contributed by atoms with Gasteiger partial charge >= 0.3 is 6.18 Å². The third-order valence-corrected chi connectivity index (χ3v) is 3.32. The highest BCUT2D eigenvalue weighted by Gasteiger charge is 2.31. The average molecular weight is 292 g/mol. The molecule has 1 saturated heterocycles. The SMILES string of the molecule is OC1CNCC1CNCc1cc(F)cc(C(F)(F)F)c1. The van der Waals surface area contributed by atoms with Crippen molar-refractivity contribution in [2.75, 3.05) is 19.6 Å². The van der Waals surface area contributed by atoms with E-state index in [-0.39, 0.29) is 18.0 Å². The number of aliphatic hydroxyl groups is 1. The van der Waals surface area contributed by atoms with Crippen molar-refractivity contribution in [2.45, 2.75) is 18.8 Å². The number of hydrogen-bond donors (Lipinski definition) is 3. The quantitative estimate of drug-likeness (QED) is 0.737. The van der Waals surface area contributed by atoms with Crippen LogP contribution < -0.4 is 10.6 Å². The van der Waals surface area contributed by atoms with Crippen LogP contribution in [0.1, 0.15) is 11.1 Å². The van der Waals surface area contributed by atoms with E-state index in [0.717, 1.165) is 12.1 Å². The Kier molecular flexibility index (Phi) is 4.62. The van der Waals surface area contributed by atoms with Gasteiger partial charge in [-0.15, -0.1) is 0 Å². The summed E-state index contributed by atoms with van der Waals surface area (Å²) in [6, 6.07) is 2.49. The molecule has 2 rings (SSSR count). The second kappa shape index (κ2) is 6.07. The fourth-order valence-corrected chi connectivity index (χ4v) is 2.25. The lowest BCUT2D eigenvalue weighted by Crippen LogP contribution is -2.30. The summed E-state index contributed by atoms with van der Waals surface area (Å²) >= 11 is 0. The smallest absolute Gasteiger partial charge is 0.391 e. The summed E-state index contributed by atoms with van der Waals surface area (Å²) < 4.78 is 50.8. The van der Waals surface area contributed by atoms with Gasteiger partial charge in [-0.3, -0.25) is 0 Å². The van der Waals surface area contributed by atoms with E-state index in [2.05, 4.69) is 10.6 Å². The Hall–Kier alpha value is -1.18. The first-order valence-corrected chi connectivity index (χ1v) is 6.32. The first kappa shape index (κ1) is 15.2. The van der Waals surface area contributed by atoms with Crippen molar-refractivity contribution < 1.29 is 22.7 Å². The Morgan fingerprint density at radius 3 is 2.60 bits per heavy atom. The minimum Gasteiger partial charge on any atom is -0.391 e. The number of nitrogens with one attached hydrogen (secondary N) is 2. The number of aliphatic hydroxyl groups excluding tert-OH is 1. The summed E-state index contributed by atoms with van der Waals surface area (Å²) in [4.78, 5) is 0. The van der Waals surface area contributed by atoms with E-state index in [1.165, 1.54) is 0 Å². The Morgan fingerprint density at radius 2 is 2.00 bits per heavy atom. The molecule has 2 unspecified atom stereocenters. The second-order valence-electron chi connectivity index (χ2n) is 4.96. The molecular formula is C13H16F4N2O. The Balaban J connectivity index is 1.94. The molecule has 0 amide bonds. The predicted molar refractivity (Wildman–Crippen MR) is 65.5 cm³/mol. The number of hydrogen-bond acceptors (Lipinski definition) is 3. The van der Waals surface area contributed by atoms with E-state index < -0.39 is 23.7 Å². The molecule has 20 heavy (non-hydrogen) atoms. The molecule has 0 radical (unpaired) electrons. The summed E-state index contributed by atoms with van der Waals surface area (Å²) in [5, 5.41) is 15.5. The van der Waals surface area contributed by atoms with Gasteiger partial charge in [0.25, 0.3) is 0 Å². The minimum absolute atomic E-state index is 0.0191. The highest BCUT2D eigenvalue weighted by atomic mass is 19.4. The van der Waals surface area contributed by atoms with Crippen molar-refractivity contribution in [1.29, 1.82) is 0 Å². The lowest BCUT2D eigenvalue weighted by molar-refractivity contribution is -0.137. The van der Waals surface area contributed by atoms with E-state index in [1.54, 1.807) is 0 Å². The Morgan fingerprint density at radius 1 is 1.25 bits per heavy atom. The van der Waals surface area contributed by atoms with E-state index in [1.807, 2.05) is 0 Å². The maximum absolute atomic E-state index is 13.2. The fraction of sp³-hybridized carbons (Fsp3) is 0.538. The van der Waals surface area contributed by atoms with Crippen LogP contribution in [0.3, 0.4) is 0 Å². The fourth-order valence-electron chi connectivity index (χ4n) is 2.25. The zero-order valence-electron chi connectivity index (χ0n) is 10.7. The highest BCUT2D eigenvalue weighted by molar-refractivity contribution is 5.26. The molecule has 0 bridgehead atoms. The molecular weight excluding hydrogens is 276 g/mol. The molecule has 0 spiro atoms. The third-order valence-electron chi connectivity index (χ3n) is 3.32. The van der Waals surface area contributed by atoms with Crippen LogP contribution in [0.25, 0.3) is 0 Å². The summed E-state index contributed by atoms with van der Waals surface area (Å²) in [5.74, 6) is -0.884. The first-order chi connectivity index (χ1) is 9.36. The van der Waals surface area contributed by atoms with Crippen LogP contribution in [0.2, 0.25) is 0 Å². The molecule has 0 aromatic heterocycles. The van der Waals surface area contributed by atoms with Gasteiger partial charge < -0.3 is 15.7 Å². The van der Waals surface area contributed by atoms with Crippen LogP contribution >= 0.6 is 0 Å². The molecule has 7 heteroatoms. The van der Waals surface area contributed by atoms with Crippen LogP contribution in [0, 0.1) is 11.7 Å². The van der Waals surface area contributed by atoms with Crippen molar-refractivity contribution in [1.82, 2.24) is 10.6 Å². The standard InChI is InChI=1S/C13H16F4N2O/c14-11-2-8(1-10(3-11)13(15,16)17)4-18-5-9-6-19-7-12(9)20/h1-3,9,12,18-20H,4-7H2. The van der Waals surface area contributed by atoms with Crippen LogP contribution in [-0.2, 0) is 12.7 Å². The zero-order valence-corrected chi connectivity index (χ0v) is 10.7. The number of rotatable bonds is 4. The minimum atomic E-state index is -4.55. The monoisotopic (exact) mass is 292 g/mol. The lowest BCUT2D eigenvalue weighted by Gasteiger charge is -2.15. The molecule has 112 valence electrons. The van der Waals surface area contributed by atoms with Gasteiger partial charge in [0, 0.05) is 32.1 Å². The van der Waals surface area contributed by atoms with Gasteiger partial charge in [-0.05, 0) is 23.8 Å². The molecule has 1 heterocycles. The summed E-state index contributed by atoms with van der Waals surface area (Å²) in [5.41, 5.74) is -0.755. The molecule has 3 nitrogen and oxygen atoms in total. The molecule has 0 aliphatic carbocycles. The molecule has 1 fully saturated rings. The largest absolute Gasteiger partial charge is 0.416 e. The number of benzene rings is 1. The second-order valence-corrected chi connectivity index (χ2v) is 4.96. The number of alkyl halides is 3. The van der Waals surface area contributed by atoms with Crippen molar-refractivity contribution in [2.24, 2.45) is 5.92 Å². The van der Waals surface area contributed by atoms with Gasteiger partial charge in [-0.25, -0.2) is 4.39 Å². The van der Waals surface area contributed by atoms with Gasteiger partial charge in [0.1, 0.15) is 5.82 Å². The van der Waals surface area contributed by atoms with Gasteiger partial charge in [-0.1, -0.05) is 0 Å². The van der Waals surface area contributed by atoms with Gasteiger partial charge in [0.2, 0.25) is 0 Å². The maximum Gasteiger partial charge on any atom is 0.416 e. The van der Waals surface area contributed by atoms with Gasteiger partial charge in [0.15, 0.2) is 0 Å². The third kappa shape index (κ3) is 3.91. The number of β-amino-alcohol motifs (C(OH)–C–C–N with tert-alkyl or cyclic N) is 1. The summed E-state index contributed by atoms with van der Waals surface area (Å²) in [6.45, 7) is 1.77. The van der Waals surface area contributed by atoms with Gasteiger partial charge in [0.05, 0.1) is 11.7 Å². The number of halogens is 4. The molecule has 2 atom stereocenters. The van der Waals surface area contributed by atoms with Crippen LogP contribution in [0.15, 0.2) is 18.2 Å². The van der Waals surface area contributed by atoms with E-state index in [0.29, 0.717) is 25.7 Å². The van der Waals surface area contributed by atoms with Crippen molar-refractivity contribution >= 4 is 0 Å². The van der Waals surface area contributed by atoms with E-state index in [4.69, 9.17) is 0 Å². The van der Waals surface area contributed by atoms with Crippen LogP contribution in [-0.4, -0.2) is 30.8 Å². The topological polar surface area (TPSA) is 44.3 Å². The van der Waals surface area contributed by atoms with E-state index >= 15 is 0 Å². The van der Waals surface area contributed by atoms with Gasteiger partial charge in [-0.2, -0.15) is 13.2 Å². The molecule has 1 aromatic rings. The average Bonchev–Trinajstić information content (AvgIpc) is 2.73. The zero-order chi connectivity index (χ0) is 14.8. The van der Waals surface area contributed by atoms with E-state index in [9.17, 15) is 22.7 Å². The lowest BCUT2D eigenvalue weighted by atomic mass is 10.1. The van der Waals surface area contributed by atoms with Crippen molar-refractivity contribution in [3.8, 4) is 0 Å². The molecule has 0 saturated carbocycles. The van der Waals surface area contributed by atoms with Crippen LogP contribution in [0.4, 0.5) is 17.6 Å². The summed E-state index contributed by atoms with van der Waals surface area (Å²) in [6.07, 6.45) is -5.01.